The molecule has 5 aromatic rings. The Bertz CT molecular complexity index is 1170. The number of fused-ring (bicyclic) bond motifs is 6. The Kier molecular flexibility index (Phi) is 2.42. The van der Waals surface area contributed by atoms with Crippen molar-refractivity contribution < 1.29 is 4.79 Å². The topological polar surface area (TPSA) is 17.1 Å². The summed E-state index contributed by atoms with van der Waals surface area (Å²) in [5.41, 5.74) is 0. The molecule has 0 fully saturated rings. The molecule has 0 atom stereocenters. The van der Waals surface area contributed by atoms with Crippen LogP contribution < -0.4 is 0 Å². The number of hydrogen-bond donors (Lipinski definition) is 0. The van der Waals surface area contributed by atoms with Gasteiger partial charge in [-0.3, -0.25) is 4.79 Å². The van der Waals surface area contributed by atoms with Crippen molar-refractivity contribution in [2.24, 2.45) is 0 Å². The van der Waals surface area contributed by atoms with E-state index in [-0.39, 0.29) is 0 Å². The second kappa shape index (κ2) is 4.14. The van der Waals surface area contributed by atoms with Crippen LogP contribution in [0.4, 0.5) is 0 Å². The molecule has 102 valence electrons. The minimum Gasteiger partial charge on any atom is -0.297 e. The van der Waals surface area contributed by atoms with Crippen LogP contribution in [0.3, 0.4) is 0 Å². The largest absolute Gasteiger partial charge is 0.297 e. The lowest BCUT2D eigenvalue weighted by molar-refractivity contribution is 0.112. The van der Waals surface area contributed by atoms with E-state index in [0.717, 1.165) is 11.2 Å². The average Bonchev–Trinajstić information content (AvgIpc) is 3.15. The standard InChI is InChI=1S/C16H8OS4/c1-7-2-13-15(18-7)9-4-12-10(5-11(9)20-13)16-14(21-12)3-8(6-17)19-16/h2-6H,1H3. The smallest absolute Gasteiger partial charge is 0.160 e. The van der Waals surface area contributed by atoms with Crippen LogP contribution in [-0.4, -0.2) is 6.29 Å². The summed E-state index contributed by atoms with van der Waals surface area (Å²) in [6.07, 6.45) is 0.950. The highest BCUT2D eigenvalue weighted by Gasteiger charge is 2.14. The molecule has 5 rings (SSSR count). The number of hydrogen-bond acceptors (Lipinski definition) is 5. The van der Waals surface area contributed by atoms with Gasteiger partial charge in [-0.05, 0) is 31.2 Å². The second-order valence-corrected chi connectivity index (χ2v) is 9.57. The fourth-order valence-electron chi connectivity index (χ4n) is 2.79. The Labute approximate surface area is 136 Å². The molecule has 0 saturated heterocycles. The van der Waals surface area contributed by atoms with Crippen molar-refractivity contribution >= 4 is 90.6 Å². The van der Waals surface area contributed by atoms with Gasteiger partial charge in [-0.25, -0.2) is 0 Å². The number of benzene rings is 1. The maximum Gasteiger partial charge on any atom is 0.160 e. The normalized spacial score (nSPS) is 12.2. The van der Waals surface area contributed by atoms with Crippen LogP contribution >= 0.6 is 45.3 Å². The molecule has 0 aliphatic carbocycles. The van der Waals surface area contributed by atoms with Crippen LogP contribution in [0.5, 0.6) is 0 Å². The third-order valence-corrected chi connectivity index (χ3v) is 8.30. The molecule has 4 heterocycles. The zero-order chi connectivity index (χ0) is 14.1. The molecule has 5 heteroatoms. The van der Waals surface area contributed by atoms with E-state index in [4.69, 9.17) is 0 Å². The molecule has 0 saturated carbocycles. The molecule has 0 bridgehead atoms. The maximum atomic E-state index is 11.0. The number of rotatable bonds is 1. The highest BCUT2D eigenvalue weighted by atomic mass is 32.1. The number of aldehydes is 1. The van der Waals surface area contributed by atoms with E-state index < -0.39 is 0 Å². The Balaban J connectivity index is 1.95. The lowest BCUT2D eigenvalue weighted by Gasteiger charge is -1.92. The summed E-state index contributed by atoms with van der Waals surface area (Å²) in [6, 6.07) is 8.93. The third-order valence-electron chi connectivity index (χ3n) is 3.67. The van der Waals surface area contributed by atoms with Crippen LogP contribution in [0.2, 0.25) is 0 Å². The first-order chi connectivity index (χ1) is 10.2. The highest BCUT2D eigenvalue weighted by molar-refractivity contribution is 7.34. The highest BCUT2D eigenvalue weighted by Crippen LogP contribution is 2.45. The zero-order valence-electron chi connectivity index (χ0n) is 10.9. The van der Waals surface area contributed by atoms with E-state index in [1.54, 1.807) is 22.7 Å². The van der Waals surface area contributed by atoms with Crippen molar-refractivity contribution in [2.75, 3.05) is 0 Å². The first kappa shape index (κ1) is 12.3. The van der Waals surface area contributed by atoms with Gasteiger partial charge in [-0.2, -0.15) is 0 Å². The molecule has 1 nitrogen and oxygen atoms in total. The Morgan fingerprint density at radius 2 is 1.38 bits per heavy atom. The van der Waals surface area contributed by atoms with Crippen molar-refractivity contribution in [1.82, 2.24) is 0 Å². The van der Waals surface area contributed by atoms with Gasteiger partial charge in [-0.1, -0.05) is 0 Å². The number of carbonyl (C=O) groups is 1. The van der Waals surface area contributed by atoms with Gasteiger partial charge in [0.2, 0.25) is 0 Å². The van der Waals surface area contributed by atoms with E-state index in [9.17, 15) is 4.79 Å². The van der Waals surface area contributed by atoms with E-state index in [1.165, 1.54) is 43.8 Å². The van der Waals surface area contributed by atoms with Gasteiger partial charge in [0, 0.05) is 34.4 Å². The summed E-state index contributed by atoms with van der Waals surface area (Å²) in [4.78, 5) is 13.2. The summed E-state index contributed by atoms with van der Waals surface area (Å²) in [7, 11) is 0. The van der Waals surface area contributed by atoms with Crippen molar-refractivity contribution in [1.29, 1.82) is 0 Å². The van der Waals surface area contributed by atoms with Crippen LogP contribution in [0, 0.1) is 6.92 Å². The summed E-state index contributed by atoms with van der Waals surface area (Å²) < 4.78 is 7.97. The molecular formula is C16H8OS4. The molecule has 4 aromatic heterocycles. The number of thiophene rings is 4. The van der Waals surface area contributed by atoms with E-state index in [0.29, 0.717) is 0 Å². The predicted molar refractivity (Wildman–Crippen MR) is 98.1 cm³/mol. The second-order valence-electron chi connectivity index (χ2n) is 5.06. The maximum absolute atomic E-state index is 11.0. The lowest BCUT2D eigenvalue weighted by Crippen LogP contribution is -1.65. The van der Waals surface area contributed by atoms with Gasteiger partial charge >= 0.3 is 0 Å². The fourth-order valence-corrected chi connectivity index (χ4v) is 7.60. The summed E-state index contributed by atoms with van der Waals surface area (Å²) in [6.45, 7) is 2.17. The molecule has 0 spiro atoms. The quantitative estimate of drug-likeness (QED) is 0.310. The Morgan fingerprint density at radius 3 is 2.05 bits per heavy atom. The minimum atomic E-state index is 0.820. The van der Waals surface area contributed by atoms with Gasteiger partial charge in [-0.15, -0.1) is 45.3 Å². The minimum absolute atomic E-state index is 0.820. The predicted octanol–water partition coefficient (Wildman–Crippen LogP) is 6.67. The monoisotopic (exact) mass is 344 g/mol. The fraction of sp³-hybridized carbons (Fsp3) is 0.0625. The van der Waals surface area contributed by atoms with Crippen LogP contribution in [-0.2, 0) is 0 Å². The van der Waals surface area contributed by atoms with Crippen molar-refractivity contribution in [3.63, 3.8) is 0 Å². The first-order valence-corrected chi connectivity index (χ1v) is 9.73. The molecule has 21 heavy (non-hydrogen) atoms. The third kappa shape index (κ3) is 1.63. The van der Waals surface area contributed by atoms with Crippen molar-refractivity contribution in [2.45, 2.75) is 6.92 Å². The van der Waals surface area contributed by atoms with Gasteiger partial charge in [0.25, 0.3) is 0 Å². The van der Waals surface area contributed by atoms with Crippen LogP contribution in [0.15, 0.2) is 24.3 Å². The molecule has 1 aromatic carbocycles. The van der Waals surface area contributed by atoms with Crippen LogP contribution in [0.25, 0.3) is 39.0 Å². The van der Waals surface area contributed by atoms with Gasteiger partial charge in [0.15, 0.2) is 6.29 Å². The zero-order valence-corrected chi connectivity index (χ0v) is 14.2. The Morgan fingerprint density at radius 1 is 0.762 bits per heavy atom. The van der Waals surface area contributed by atoms with E-state index in [2.05, 4.69) is 25.1 Å². The average molecular weight is 345 g/mol. The number of aryl methyl sites for hydroxylation is 1. The molecule has 0 aliphatic heterocycles. The summed E-state index contributed by atoms with van der Waals surface area (Å²) in [5, 5.41) is 2.68. The number of carbonyl (C=O) groups excluding carboxylic acids is 1. The molecule has 0 aliphatic rings. The van der Waals surface area contributed by atoms with Gasteiger partial charge in [0.05, 0.1) is 14.3 Å². The van der Waals surface area contributed by atoms with E-state index in [1.807, 2.05) is 28.7 Å². The molecular weight excluding hydrogens is 336 g/mol. The summed E-state index contributed by atoms with van der Waals surface area (Å²) in [5.74, 6) is 0. The Hall–Kier alpha value is -1.27. The van der Waals surface area contributed by atoms with Gasteiger partial charge < -0.3 is 0 Å². The first-order valence-electron chi connectivity index (χ1n) is 6.47. The molecule has 0 radical (unpaired) electrons. The van der Waals surface area contributed by atoms with Crippen LogP contribution in [0.1, 0.15) is 14.5 Å². The SMILES string of the molecule is Cc1cc2sc3cc4c(cc3c2s1)sc1cc(C=O)sc14. The lowest BCUT2D eigenvalue weighted by atomic mass is 10.2. The summed E-state index contributed by atoms with van der Waals surface area (Å²) >= 11 is 7.15. The molecule has 0 unspecified atom stereocenters. The van der Waals surface area contributed by atoms with Crippen molar-refractivity contribution in [3.8, 4) is 0 Å². The van der Waals surface area contributed by atoms with Crippen molar-refractivity contribution in [3.05, 3.63) is 34.0 Å². The van der Waals surface area contributed by atoms with Gasteiger partial charge in [0.1, 0.15) is 0 Å². The molecule has 0 amide bonds. The molecule has 0 N–H and O–H groups in total. The van der Waals surface area contributed by atoms with E-state index >= 15 is 0 Å².